The number of carbonyl (C=O) groups excluding carboxylic acids is 2. The Kier molecular flexibility index (Phi) is 7.05. The first-order valence-corrected chi connectivity index (χ1v) is 11.6. The Bertz CT molecular complexity index is 996. The Morgan fingerprint density at radius 1 is 1.19 bits per heavy atom. The molecule has 1 aliphatic carbocycles. The minimum Gasteiger partial charge on any atom is -0.394 e. The molecule has 0 radical (unpaired) electrons. The van der Waals surface area contributed by atoms with Crippen molar-refractivity contribution in [2.24, 2.45) is 0 Å². The predicted octanol–water partition coefficient (Wildman–Crippen LogP) is 3.14. The van der Waals surface area contributed by atoms with Gasteiger partial charge >= 0.3 is 0 Å². The molecule has 0 saturated carbocycles. The Hall–Kier alpha value is -2.93. The number of amides is 2. The summed E-state index contributed by atoms with van der Waals surface area (Å²) in [5, 5.41) is 17.0. The Morgan fingerprint density at radius 2 is 2.00 bits per heavy atom. The number of carbonyl (C=O) groups is 2. The van der Waals surface area contributed by atoms with Crippen LogP contribution < -0.4 is 5.32 Å². The second kappa shape index (κ2) is 10.1. The first-order chi connectivity index (χ1) is 15.6. The van der Waals surface area contributed by atoms with Crippen molar-refractivity contribution >= 4 is 11.8 Å². The normalized spacial score (nSPS) is 16.8. The lowest BCUT2D eigenvalue weighted by molar-refractivity contribution is -0.131. The van der Waals surface area contributed by atoms with Gasteiger partial charge in [0.15, 0.2) is 5.69 Å². The lowest BCUT2D eigenvalue weighted by Crippen LogP contribution is -2.37. The quantitative estimate of drug-likeness (QED) is 0.653. The van der Waals surface area contributed by atoms with Gasteiger partial charge in [-0.3, -0.25) is 14.3 Å². The summed E-state index contributed by atoms with van der Waals surface area (Å²) in [6.07, 6.45) is 7.73. The maximum atomic E-state index is 13.1. The second-order valence-corrected chi connectivity index (χ2v) is 8.68. The van der Waals surface area contributed by atoms with Crippen molar-refractivity contribution in [2.45, 2.75) is 64.6 Å². The van der Waals surface area contributed by atoms with Crippen LogP contribution in [0.4, 0.5) is 0 Å². The van der Waals surface area contributed by atoms with Crippen LogP contribution in [-0.2, 0) is 24.3 Å². The fourth-order valence-corrected chi connectivity index (χ4v) is 4.63. The third-order valence-electron chi connectivity index (χ3n) is 6.42. The van der Waals surface area contributed by atoms with Gasteiger partial charge in [0.2, 0.25) is 5.91 Å². The highest BCUT2D eigenvalue weighted by molar-refractivity contribution is 5.94. The minimum atomic E-state index is -0.251. The molecular formula is C25H32N4O3. The minimum absolute atomic E-state index is 0.0492. The zero-order valence-electron chi connectivity index (χ0n) is 18.7. The van der Waals surface area contributed by atoms with Crippen molar-refractivity contribution in [2.75, 3.05) is 13.2 Å². The largest absolute Gasteiger partial charge is 0.394 e. The standard InChI is InChI=1S/C25H32N4O3/c1-18(20-10-6-3-7-11-20)26-25(32)24-21-17-28(13-12-22(21)29(27-24)14-15-30)23(31)16-19-8-4-2-5-9-19/h3,6-8,10-11,18,30H,2,4-5,9,12-17H2,1H3,(H,26,32)/t18-/m0/s1. The molecule has 2 amide bonds. The van der Waals surface area contributed by atoms with Gasteiger partial charge in [0.1, 0.15) is 0 Å². The molecule has 0 saturated heterocycles. The van der Waals surface area contributed by atoms with Gasteiger partial charge in [-0.05, 0) is 38.2 Å². The molecule has 2 N–H and O–H groups in total. The fourth-order valence-electron chi connectivity index (χ4n) is 4.63. The van der Waals surface area contributed by atoms with Crippen LogP contribution in [-0.4, -0.2) is 44.8 Å². The summed E-state index contributed by atoms with van der Waals surface area (Å²) >= 11 is 0. The molecule has 0 bridgehead atoms. The van der Waals surface area contributed by atoms with E-state index in [4.69, 9.17) is 0 Å². The summed E-state index contributed by atoms with van der Waals surface area (Å²) in [4.78, 5) is 28.0. The van der Waals surface area contributed by atoms with E-state index in [0.717, 1.165) is 36.1 Å². The molecule has 1 aromatic carbocycles. The number of aromatic nitrogens is 2. The van der Waals surface area contributed by atoms with Crippen molar-refractivity contribution in [3.63, 3.8) is 0 Å². The highest BCUT2D eigenvalue weighted by atomic mass is 16.3. The second-order valence-electron chi connectivity index (χ2n) is 8.68. The smallest absolute Gasteiger partial charge is 0.272 e. The lowest BCUT2D eigenvalue weighted by atomic mass is 9.96. The van der Waals surface area contributed by atoms with E-state index in [1.165, 1.54) is 12.0 Å². The van der Waals surface area contributed by atoms with Crippen molar-refractivity contribution in [3.05, 3.63) is 64.5 Å². The fraction of sp³-hybridized carbons (Fsp3) is 0.480. The molecule has 1 atom stereocenters. The zero-order valence-corrected chi connectivity index (χ0v) is 18.7. The summed E-state index contributed by atoms with van der Waals surface area (Å²) in [5.74, 6) is -0.138. The molecule has 32 heavy (non-hydrogen) atoms. The van der Waals surface area contributed by atoms with Gasteiger partial charge in [0.25, 0.3) is 5.91 Å². The molecular weight excluding hydrogens is 404 g/mol. The summed E-state index contributed by atoms with van der Waals surface area (Å²) < 4.78 is 1.73. The Labute approximate surface area is 189 Å². The van der Waals surface area contributed by atoms with E-state index >= 15 is 0 Å². The van der Waals surface area contributed by atoms with E-state index in [1.54, 1.807) is 4.68 Å². The maximum Gasteiger partial charge on any atom is 0.272 e. The molecule has 7 heteroatoms. The van der Waals surface area contributed by atoms with E-state index in [-0.39, 0.29) is 24.5 Å². The lowest BCUT2D eigenvalue weighted by Gasteiger charge is -2.28. The van der Waals surface area contributed by atoms with Crippen LogP contribution in [0.25, 0.3) is 0 Å². The molecule has 4 rings (SSSR count). The van der Waals surface area contributed by atoms with E-state index < -0.39 is 0 Å². The van der Waals surface area contributed by atoms with Gasteiger partial charge in [0.05, 0.1) is 19.2 Å². The molecule has 170 valence electrons. The van der Waals surface area contributed by atoms with Gasteiger partial charge < -0.3 is 15.3 Å². The van der Waals surface area contributed by atoms with E-state index in [9.17, 15) is 14.7 Å². The van der Waals surface area contributed by atoms with Crippen molar-refractivity contribution < 1.29 is 14.7 Å². The summed E-state index contributed by atoms with van der Waals surface area (Å²) in [7, 11) is 0. The Morgan fingerprint density at radius 3 is 2.72 bits per heavy atom. The molecule has 2 aliphatic rings. The molecule has 0 unspecified atom stereocenters. The molecule has 1 aromatic heterocycles. The van der Waals surface area contributed by atoms with Gasteiger partial charge in [-0.25, -0.2) is 0 Å². The molecule has 2 heterocycles. The monoisotopic (exact) mass is 436 g/mol. The number of aliphatic hydroxyl groups excluding tert-OH is 1. The van der Waals surface area contributed by atoms with E-state index in [1.807, 2.05) is 42.2 Å². The molecule has 7 nitrogen and oxygen atoms in total. The molecule has 0 spiro atoms. The first-order valence-electron chi connectivity index (χ1n) is 11.6. The van der Waals surface area contributed by atoms with E-state index in [2.05, 4.69) is 16.5 Å². The summed E-state index contributed by atoms with van der Waals surface area (Å²) in [6, 6.07) is 9.63. The highest BCUT2D eigenvalue weighted by Crippen LogP contribution is 2.26. The predicted molar refractivity (Wildman–Crippen MR) is 122 cm³/mol. The number of nitrogens with one attached hydrogen (secondary N) is 1. The molecule has 2 aromatic rings. The van der Waals surface area contributed by atoms with Gasteiger partial charge in [-0.15, -0.1) is 0 Å². The third kappa shape index (κ3) is 4.93. The number of nitrogens with zero attached hydrogens (tertiary/aromatic N) is 3. The van der Waals surface area contributed by atoms with Crippen LogP contribution in [0.2, 0.25) is 0 Å². The van der Waals surface area contributed by atoms with Crippen molar-refractivity contribution in [1.29, 1.82) is 0 Å². The van der Waals surface area contributed by atoms with Crippen LogP contribution in [0.15, 0.2) is 42.0 Å². The zero-order chi connectivity index (χ0) is 22.5. The number of benzene rings is 1. The van der Waals surface area contributed by atoms with Crippen LogP contribution in [0.3, 0.4) is 0 Å². The number of aliphatic hydroxyl groups is 1. The number of hydrogen-bond donors (Lipinski definition) is 2. The van der Waals surface area contributed by atoms with Crippen LogP contribution >= 0.6 is 0 Å². The van der Waals surface area contributed by atoms with Gasteiger partial charge in [-0.2, -0.15) is 5.10 Å². The Balaban J connectivity index is 1.52. The van der Waals surface area contributed by atoms with E-state index in [0.29, 0.717) is 38.2 Å². The number of fused-ring (bicyclic) bond motifs is 1. The topological polar surface area (TPSA) is 87.5 Å². The van der Waals surface area contributed by atoms with Gasteiger partial charge in [-0.1, -0.05) is 42.0 Å². The maximum absolute atomic E-state index is 13.1. The average Bonchev–Trinajstić information content (AvgIpc) is 3.18. The summed E-state index contributed by atoms with van der Waals surface area (Å²) in [5.41, 5.74) is 4.34. The average molecular weight is 437 g/mol. The van der Waals surface area contributed by atoms with Crippen LogP contribution in [0.1, 0.15) is 72.4 Å². The van der Waals surface area contributed by atoms with Gasteiger partial charge in [0, 0.05) is 37.2 Å². The SMILES string of the molecule is C[C@H](NC(=O)c1nn(CCO)c2c1CN(C(=O)CC1=CCCCC1)CC2)c1ccccc1. The number of rotatable bonds is 7. The molecule has 1 aliphatic heterocycles. The van der Waals surface area contributed by atoms with Crippen molar-refractivity contribution in [3.8, 4) is 0 Å². The van der Waals surface area contributed by atoms with Crippen molar-refractivity contribution in [1.82, 2.24) is 20.0 Å². The third-order valence-corrected chi connectivity index (χ3v) is 6.42. The number of allylic oxidation sites excluding steroid dienone is 1. The highest BCUT2D eigenvalue weighted by Gasteiger charge is 2.30. The number of hydrogen-bond acceptors (Lipinski definition) is 4. The summed E-state index contributed by atoms with van der Waals surface area (Å²) in [6.45, 7) is 3.22. The van der Waals surface area contributed by atoms with Crippen LogP contribution in [0, 0.1) is 0 Å². The molecule has 0 fully saturated rings. The van der Waals surface area contributed by atoms with Crippen LogP contribution in [0.5, 0.6) is 0 Å². The first kappa shape index (κ1) is 22.3.